The molecule has 2 N–H and O–H groups in total. The highest BCUT2D eigenvalue weighted by atomic mass is 31.1. The summed E-state index contributed by atoms with van der Waals surface area (Å²) in [6, 6.07) is 2.49. The molecule has 1 aromatic rings. The first-order valence-electron chi connectivity index (χ1n) is 7.94. The van der Waals surface area contributed by atoms with Crippen molar-refractivity contribution in [3.8, 4) is 0 Å². The third-order valence-corrected chi connectivity index (χ3v) is 4.06. The number of rotatable bonds is 3. The molecule has 2 fully saturated rings. The van der Waals surface area contributed by atoms with Gasteiger partial charge in [-0.2, -0.15) is 0 Å². The molecule has 0 unspecified atom stereocenters. The summed E-state index contributed by atoms with van der Waals surface area (Å²) >= 11 is 0. The Balaban J connectivity index is 0.000000287. The van der Waals surface area contributed by atoms with Gasteiger partial charge in [0.1, 0.15) is 9.03 Å². The smallest absolute Gasteiger partial charge is 0.225 e. The minimum atomic E-state index is -0.917. The van der Waals surface area contributed by atoms with E-state index < -0.39 is 9.03 Å². The Labute approximate surface area is 135 Å². The van der Waals surface area contributed by atoms with Crippen LogP contribution in [0.2, 0.25) is 0 Å². The molecule has 3 rings (SSSR count). The molecule has 1 aromatic heterocycles. The van der Waals surface area contributed by atoms with Gasteiger partial charge in [-0.25, -0.2) is 9.97 Å². The maximum atomic E-state index is 7.15. The van der Waals surface area contributed by atoms with Crippen LogP contribution < -0.4 is 4.90 Å². The Kier molecular flexibility index (Phi) is 9.96. The first-order chi connectivity index (χ1) is 10.7. The molecule has 0 bridgehead atoms. The second-order valence-corrected chi connectivity index (χ2v) is 5.75. The molecule has 0 aliphatic heterocycles. The first-order valence-corrected chi connectivity index (χ1v) is 8.84. The van der Waals surface area contributed by atoms with Crippen LogP contribution in [-0.4, -0.2) is 32.8 Å². The minimum absolute atomic E-state index is 0.616. The molecule has 2 saturated carbocycles. The van der Waals surface area contributed by atoms with Crippen molar-refractivity contribution in [2.75, 3.05) is 11.9 Å². The van der Waals surface area contributed by atoms with Crippen LogP contribution in [0.4, 0.5) is 5.95 Å². The monoisotopic (exact) mass is 325 g/mol. The zero-order chi connectivity index (χ0) is 16.2. The van der Waals surface area contributed by atoms with E-state index in [9.17, 15) is 0 Å². The van der Waals surface area contributed by atoms with Crippen LogP contribution >= 0.6 is 9.03 Å². The predicted octanol–water partition coefficient (Wildman–Crippen LogP) is 3.54. The van der Waals surface area contributed by atoms with Crippen LogP contribution in [0.3, 0.4) is 0 Å². The van der Waals surface area contributed by atoms with E-state index in [1.807, 2.05) is 6.07 Å². The molecule has 5 nitrogen and oxygen atoms in total. The highest BCUT2D eigenvalue weighted by Crippen LogP contribution is 2.24. The molecule has 0 spiro atoms. The number of hydrogen-bond acceptors (Lipinski definition) is 5. The van der Waals surface area contributed by atoms with Crippen molar-refractivity contribution in [3.63, 3.8) is 0 Å². The Morgan fingerprint density at radius 3 is 2.18 bits per heavy atom. The molecule has 0 aromatic carbocycles. The van der Waals surface area contributed by atoms with Crippen LogP contribution in [0, 0.1) is 0 Å². The van der Waals surface area contributed by atoms with Crippen LogP contribution in [0.15, 0.2) is 18.8 Å². The lowest BCUT2D eigenvalue weighted by molar-refractivity contribution is 0.504. The van der Waals surface area contributed by atoms with Crippen LogP contribution in [0.1, 0.15) is 57.1 Å². The summed E-state index contributed by atoms with van der Waals surface area (Å²) in [6.45, 7) is 3.72. The van der Waals surface area contributed by atoms with E-state index in [0.717, 1.165) is 11.6 Å². The maximum absolute atomic E-state index is 7.15. The van der Waals surface area contributed by atoms with Crippen molar-refractivity contribution in [2.24, 2.45) is 0 Å². The molecule has 0 amide bonds. The van der Waals surface area contributed by atoms with Gasteiger partial charge in [-0.15, -0.1) is 0 Å². The number of aromatic nitrogens is 2. The highest BCUT2D eigenvalue weighted by molar-refractivity contribution is 7.23. The van der Waals surface area contributed by atoms with Gasteiger partial charge in [0.15, 0.2) is 0 Å². The van der Waals surface area contributed by atoms with Gasteiger partial charge in [-0.3, -0.25) is 0 Å². The molecule has 6 heteroatoms. The average Bonchev–Trinajstić information content (AvgIpc) is 3.00. The fourth-order valence-corrected chi connectivity index (χ4v) is 2.35. The summed E-state index contributed by atoms with van der Waals surface area (Å²) < 4.78 is 0. The number of hydrogen-bond donors (Lipinski definition) is 2. The van der Waals surface area contributed by atoms with Gasteiger partial charge < -0.3 is 14.7 Å². The number of nitrogens with zero attached hydrogens (tertiary/aromatic N) is 3. The third kappa shape index (κ3) is 6.82. The Morgan fingerprint density at radius 1 is 1.18 bits per heavy atom. The van der Waals surface area contributed by atoms with Gasteiger partial charge >= 0.3 is 0 Å². The molecule has 0 atom stereocenters. The van der Waals surface area contributed by atoms with Crippen LogP contribution in [0.25, 0.3) is 6.08 Å². The summed E-state index contributed by atoms with van der Waals surface area (Å²) in [4.78, 5) is 25.2. The molecule has 2 aliphatic carbocycles. The van der Waals surface area contributed by atoms with Gasteiger partial charge in [-0.1, -0.05) is 45.1 Å². The van der Waals surface area contributed by atoms with Crippen LogP contribution in [-0.2, 0) is 0 Å². The predicted molar refractivity (Wildman–Crippen MR) is 94.0 cm³/mol. The fraction of sp³-hybridized carbons (Fsp3) is 0.625. The minimum Gasteiger partial charge on any atom is -0.352 e. The van der Waals surface area contributed by atoms with E-state index in [4.69, 9.17) is 9.79 Å². The van der Waals surface area contributed by atoms with E-state index in [1.54, 1.807) is 12.3 Å². The summed E-state index contributed by atoms with van der Waals surface area (Å²) in [6.07, 6.45) is 14.7. The van der Waals surface area contributed by atoms with E-state index >= 15 is 0 Å². The van der Waals surface area contributed by atoms with E-state index in [-0.39, 0.29) is 0 Å². The molecule has 0 radical (unpaired) electrons. The van der Waals surface area contributed by atoms with Crippen molar-refractivity contribution in [1.82, 2.24) is 9.97 Å². The molecule has 2 aliphatic rings. The van der Waals surface area contributed by atoms with Gasteiger partial charge in [-0.05, 0) is 25.0 Å². The SMILES string of the molecule is C1CCC1.C=Cc1ccnc(N(C)C2CCCC2)n1.OPO. The molecule has 22 heavy (non-hydrogen) atoms. The van der Waals surface area contributed by atoms with Gasteiger partial charge in [0.05, 0.1) is 5.69 Å². The summed E-state index contributed by atoms with van der Waals surface area (Å²) in [5.74, 6) is 0.819. The average molecular weight is 325 g/mol. The van der Waals surface area contributed by atoms with E-state index in [2.05, 4.69) is 28.5 Å². The standard InChI is InChI=1S/C12H17N3.C4H8.H3O2P/c1-3-10-8-9-13-12(14-10)15(2)11-6-4-5-7-11;1-2-4-3-1;1-3-2/h3,8-9,11H,1,4-7H2,2H3;1-4H2;1-3H. The summed E-state index contributed by atoms with van der Waals surface area (Å²) in [5.41, 5.74) is 0.893. The number of anilines is 1. The quantitative estimate of drug-likeness (QED) is 0.832. The molecular formula is C16H28N3O2P. The first kappa shape index (κ1) is 19.0. The second-order valence-electron chi connectivity index (χ2n) is 5.55. The lowest BCUT2D eigenvalue weighted by Crippen LogP contribution is -2.30. The van der Waals surface area contributed by atoms with E-state index in [1.165, 1.54) is 51.4 Å². The van der Waals surface area contributed by atoms with Crippen LogP contribution in [0.5, 0.6) is 0 Å². The largest absolute Gasteiger partial charge is 0.352 e. The van der Waals surface area contributed by atoms with Crippen molar-refractivity contribution in [3.05, 3.63) is 24.5 Å². The van der Waals surface area contributed by atoms with Crippen molar-refractivity contribution < 1.29 is 9.79 Å². The zero-order valence-corrected chi connectivity index (χ0v) is 14.4. The normalized spacial score (nSPS) is 16.5. The molecule has 124 valence electrons. The van der Waals surface area contributed by atoms with Gasteiger partial charge in [0.25, 0.3) is 0 Å². The highest BCUT2D eigenvalue weighted by Gasteiger charge is 2.21. The molecule has 1 heterocycles. The third-order valence-electron chi connectivity index (χ3n) is 4.06. The van der Waals surface area contributed by atoms with E-state index in [0.29, 0.717) is 6.04 Å². The maximum Gasteiger partial charge on any atom is 0.225 e. The van der Waals surface area contributed by atoms with Crippen molar-refractivity contribution in [1.29, 1.82) is 0 Å². The molecular weight excluding hydrogens is 297 g/mol. The second kappa shape index (κ2) is 11.5. The topological polar surface area (TPSA) is 69.5 Å². The zero-order valence-electron chi connectivity index (χ0n) is 13.4. The Bertz CT molecular complexity index is 418. The van der Waals surface area contributed by atoms with Crippen molar-refractivity contribution in [2.45, 2.75) is 57.4 Å². The Hall–Kier alpha value is -1.03. The lowest BCUT2D eigenvalue weighted by atomic mass is 10.0. The summed E-state index contributed by atoms with van der Waals surface area (Å²) in [5, 5.41) is 0. The van der Waals surface area contributed by atoms with Gasteiger partial charge in [0, 0.05) is 19.3 Å². The molecule has 0 saturated heterocycles. The van der Waals surface area contributed by atoms with Crippen molar-refractivity contribution >= 4 is 21.1 Å². The summed E-state index contributed by atoms with van der Waals surface area (Å²) in [7, 11) is 1.16. The Morgan fingerprint density at radius 2 is 1.73 bits per heavy atom. The van der Waals surface area contributed by atoms with Gasteiger partial charge in [0.2, 0.25) is 5.95 Å². The lowest BCUT2D eigenvalue weighted by Gasteiger charge is -2.24. The fourth-order valence-electron chi connectivity index (χ4n) is 2.35.